The summed E-state index contributed by atoms with van der Waals surface area (Å²) in [6.45, 7) is 0. The number of anilines is 1. The summed E-state index contributed by atoms with van der Waals surface area (Å²) in [5.74, 6) is -1.48. The molecule has 0 aliphatic heterocycles. The fourth-order valence-corrected chi connectivity index (χ4v) is 2.59. The predicted molar refractivity (Wildman–Crippen MR) is 94.5 cm³/mol. The van der Waals surface area contributed by atoms with Gasteiger partial charge >= 0.3 is 6.18 Å². The summed E-state index contributed by atoms with van der Waals surface area (Å²) in [7, 11) is 0. The summed E-state index contributed by atoms with van der Waals surface area (Å²) in [6.07, 6.45) is -1.78. The molecule has 2 aromatic heterocycles. The normalized spacial score (nSPS) is 11.6. The number of rotatable bonds is 4. The number of fused-ring (bicyclic) bond motifs is 1. The molecule has 0 atom stereocenters. The monoisotopic (exact) mass is 388 g/mol. The Labute approximate surface area is 156 Å². The number of halogens is 4. The molecule has 9 heteroatoms. The first-order valence-corrected chi connectivity index (χ1v) is 8.11. The van der Waals surface area contributed by atoms with Gasteiger partial charge in [-0.1, -0.05) is 18.2 Å². The number of hydrogen-bond acceptors (Lipinski definition) is 4. The van der Waals surface area contributed by atoms with Crippen molar-refractivity contribution < 1.29 is 22.3 Å². The van der Waals surface area contributed by atoms with E-state index >= 15 is 0 Å². The second-order valence-electron chi connectivity index (χ2n) is 5.84. The lowest BCUT2D eigenvalue weighted by Gasteiger charge is -2.13. The van der Waals surface area contributed by atoms with E-state index in [2.05, 4.69) is 15.5 Å². The van der Waals surface area contributed by atoms with Gasteiger partial charge in [0.15, 0.2) is 5.82 Å². The van der Waals surface area contributed by atoms with Crippen LogP contribution >= 0.6 is 0 Å². The number of nitrogens with one attached hydrogen (secondary N) is 1. The average Bonchev–Trinajstić information content (AvgIpc) is 3.06. The Balaban J connectivity index is 1.57. The van der Waals surface area contributed by atoms with Crippen LogP contribution in [0.4, 0.5) is 23.2 Å². The quantitative estimate of drug-likeness (QED) is 0.485. The molecule has 4 aromatic rings. The Bertz CT molecular complexity index is 1110. The van der Waals surface area contributed by atoms with Crippen LogP contribution in [-0.2, 0) is 6.18 Å². The van der Waals surface area contributed by atoms with E-state index in [-0.39, 0.29) is 11.4 Å². The van der Waals surface area contributed by atoms with E-state index in [0.717, 1.165) is 29.1 Å². The Morgan fingerprint density at radius 2 is 1.82 bits per heavy atom. The SMILES string of the molecule is Fc1cc(Oc2ncccc2C(F)(F)F)ccc1Nn1cc2ccccc2n1. The molecule has 0 unspecified atom stereocenters. The molecule has 0 radical (unpaired) electrons. The van der Waals surface area contributed by atoms with Crippen LogP contribution in [0.3, 0.4) is 0 Å². The van der Waals surface area contributed by atoms with Crippen molar-refractivity contribution >= 4 is 16.6 Å². The Kier molecular flexibility index (Phi) is 4.34. The van der Waals surface area contributed by atoms with E-state index in [1.54, 1.807) is 6.20 Å². The van der Waals surface area contributed by atoms with Gasteiger partial charge in [0.25, 0.3) is 0 Å². The van der Waals surface area contributed by atoms with Crippen LogP contribution in [-0.4, -0.2) is 14.9 Å². The fraction of sp³-hybridized carbons (Fsp3) is 0.0526. The second-order valence-corrected chi connectivity index (χ2v) is 5.84. The van der Waals surface area contributed by atoms with Crippen LogP contribution < -0.4 is 10.2 Å². The molecular weight excluding hydrogens is 376 g/mol. The second kappa shape index (κ2) is 6.84. The van der Waals surface area contributed by atoms with Gasteiger partial charge in [-0.3, -0.25) is 5.43 Å². The van der Waals surface area contributed by atoms with Gasteiger partial charge in [-0.15, -0.1) is 0 Å². The number of benzene rings is 2. The third kappa shape index (κ3) is 3.59. The maximum atomic E-state index is 14.4. The van der Waals surface area contributed by atoms with Crippen molar-refractivity contribution in [1.29, 1.82) is 0 Å². The van der Waals surface area contributed by atoms with Crippen molar-refractivity contribution in [2.24, 2.45) is 0 Å². The molecular formula is C19H12F4N4O. The van der Waals surface area contributed by atoms with Crippen molar-refractivity contribution in [2.45, 2.75) is 6.18 Å². The molecule has 0 spiro atoms. The van der Waals surface area contributed by atoms with Crippen LogP contribution in [0.25, 0.3) is 10.9 Å². The molecule has 1 N–H and O–H groups in total. The molecule has 0 aliphatic rings. The summed E-state index contributed by atoms with van der Waals surface area (Å²) in [5, 5.41) is 5.12. The molecule has 0 amide bonds. The van der Waals surface area contributed by atoms with E-state index in [1.807, 2.05) is 24.3 Å². The number of nitrogens with zero attached hydrogens (tertiary/aromatic N) is 3. The standard InChI is InChI=1S/C19H12F4N4O/c20-15-10-13(28-18-14(19(21,22)23)5-3-9-24-18)7-8-17(15)26-27-11-12-4-1-2-6-16(12)25-27/h1-11,26H. The van der Waals surface area contributed by atoms with Crippen molar-refractivity contribution in [3.8, 4) is 11.6 Å². The maximum Gasteiger partial charge on any atom is 0.421 e. The first-order chi connectivity index (χ1) is 13.4. The topological polar surface area (TPSA) is 52.0 Å². The van der Waals surface area contributed by atoms with E-state index in [4.69, 9.17) is 4.74 Å². The van der Waals surface area contributed by atoms with Crippen LogP contribution in [0.2, 0.25) is 0 Å². The van der Waals surface area contributed by atoms with Gasteiger partial charge in [-0.25, -0.2) is 9.37 Å². The van der Waals surface area contributed by atoms with Gasteiger partial charge in [0.05, 0.1) is 17.4 Å². The zero-order valence-corrected chi connectivity index (χ0v) is 14.1. The van der Waals surface area contributed by atoms with Gasteiger partial charge in [0.2, 0.25) is 5.88 Å². The molecule has 0 aliphatic carbocycles. The minimum atomic E-state index is -4.63. The van der Waals surface area contributed by atoms with Crippen molar-refractivity contribution in [3.05, 3.63) is 78.4 Å². The molecule has 28 heavy (non-hydrogen) atoms. The number of hydrogen-bond donors (Lipinski definition) is 1. The number of ether oxygens (including phenoxy) is 1. The average molecular weight is 388 g/mol. The Hall–Kier alpha value is -3.62. The number of alkyl halides is 3. The van der Waals surface area contributed by atoms with Crippen LogP contribution in [0, 0.1) is 5.82 Å². The van der Waals surface area contributed by atoms with E-state index < -0.39 is 23.4 Å². The van der Waals surface area contributed by atoms with Gasteiger partial charge in [-0.2, -0.15) is 23.1 Å². The lowest BCUT2D eigenvalue weighted by atomic mass is 10.2. The Morgan fingerprint density at radius 3 is 2.57 bits per heavy atom. The van der Waals surface area contributed by atoms with Gasteiger partial charge < -0.3 is 4.74 Å². The molecule has 0 saturated carbocycles. The summed E-state index contributed by atoms with van der Waals surface area (Å²) >= 11 is 0. The zero-order chi connectivity index (χ0) is 19.7. The fourth-order valence-electron chi connectivity index (χ4n) is 2.59. The first kappa shape index (κ1) is 17.8. The number of pyridine rings is 1. The highest BCUT2D eigenvalue weighted by atomic mass is 19.4. The number of aromatic nitrogens is 3. The highest BCUT2D eigenvalue weighted by molar-refractivity contribution is 5.77. The van der Waals surface area contributed by atoms with Crippen molar-refractivity contribution in [3.63, 3.8) is 0 Å². The smallest absolute Gasteiger partial charge is 0.421 e. The van der Waals surface area contributed by atoms with E-state index in [9.17, 15) is 17.6 Å². The minimum Gasteiger partial charge on any atom is -0.438 e. The summed E-state index contributed by atoms with van der Waals surface area (Å²) < 4.78 is 58.6. The molecule has 5 nitrogen and oxygen atoms in total. The molecule has 142 valence electrons. The molecule has 2 aromatic carbocycles. The molecule has 0 saturated heterocycles. The minimum absolute atomic E-state index is 0.0808. The molecule has 2 heterocycles. The van der Waals surface area contributed by atoms with Gasteiger partial charge in [0.1, 0.15) is 11.3 Å². The zero-order valence-electron chi connectivity index (χ0n) is 14.1. The van der Waals surface area contributed by atoms with E-state index in [1.165, 1.54) is 23.1 Å². The largest absolute Gasteiger partial charge is 0.438 e. The third-order valence-corrected chi connectivity index (χ3v) is 3.88. The predicted octanol–water partition coefficient (Wildman–Crippen LogP) is 5.26. The van der Waals surface area contributed by atoms with E-state index in [0.29, 0.717) is 0 Å². The first-order valence-electron chi connectivity index (χ1n) is 8.11. The molecule has 0 bridgehead atoms. The summed E-state index contributed by atoms with van der Waals surface area (Å²) in [5.41, 5.74) is 2.53. The van der Waals surface area contributed by atoms with Crippen LogP contribution in [0.1, 0.15) is 5.56 Å². The van der Waals surface area contributed by atoms with Crippen LogP contribution in [0.15, 0.2) is 67.0 Å². The molecule has 4 rings (SSSR count). The lowest BCUT2D eigenvalue weighted by Crippen LogP contribution is -2.11. The van der Waals surface area contributed by atoms with Gasteiger partial charge in [0, 0.05) is 17.6 Å². The highest BCUT2D eigenvalue weighted by Crippen LogP contribution is 2.36. The lowest BCUT2D eigenvalue weighted by molar-refractivity contribution is -0.138. The summed E-state index contributed by atoms with van der Waals surface area (Å²) in [6, 6.07) is 13.0. The van der Waals surface area contributed by atoms with Crippen molar-refractivity contribution in [1.82, 2.24) is 14.9 Å². The third-order valence-electron chi connectivity index (χ3n) is 3.88. The Morgan fingerprint density at radius 1 is 1.00 bits per heavy atom. The summed E-state index contributed by atoms with van der Waals surface area (Å²) in [4.78, 5) is 4.94. The molecule has 0 fully saturated rings. The van der Waals surface area contributed by atoms with Crippen LogP contribution in [0.5, 0.6) is 11.6 Å². The van der Waals surface area contributed by atoms with Crippen molar-refractivity contribution in [2.75, 3.05) is 5.43 Å². The highest BCUT2D eigenvalue weighted by Gasteiger charge is 2.35. The van der Waals surface area contributed by atoms with Gasteiger partial charge in [-0.05, 0) is 30.3 Å². The maximum absolute atomic E-state index is 14.4.